The maximum Gasteiger partial charge on any atom is 0.0809 e. The summed E-state index contributed by atoms with van der Waals surface area (Å²) in [6.45, 7) is 0. The van der Waals surface area contributed by atoms with Gasteiger partial charge in [-0.3, -0.25) is 9.97 Å². The Morgan fingerprint density at radius 3 is 1.52 bits per heavy atom. The van der Waals surface area contributed by atoms with E-state index < -0.39 is 0 Å². The van der Waals surface area contributed by atoms with Crippen molar-refractivity contribution in [3.05, 3.63) is 225 Å². The molecule has 0 bridgehead atoms. The SMILES string of the molecule is c1ccc(-n2c3ccccc3c3ccc4c5ccccc5nc(-c5cccc(-c6cc(-c7ccc(-c8ccncc8)cc7)nc(-c7ccc(-c8ccncc8)cc7)c6)c5)c4c32)cc1. The predicted molar refractivity (Wildman–Crippen MR) is 260 cm³/mol. The van der Waals surface area contributed by atoms with E-state index in [1.54, 1.807) is 0 Å². The first kappa shape index (κ1) is 36.3. The molecule has 5 aromatic heterocycles. The molecular weight excluding hydrogens is 767 g/mol. The number of aromatic nitrogens is 5. The van der Waals surface area contributed by atoms with Crippen molar-refractivity contribution in [3.63, 3.8) is 0 Å². The normalized spacial score (nSPS) is 11.5. The van der Waals surface area contributed by atoms with Crippen LogP contribution in [0, 0.1) is 0 Å². The van der Waals surface area contributed by atoms with E-state index in [1.165, 1.54) is 21.7 Å². The minimum absolute atomic E-state index is 0.899. The molecule has 0 unspecified atom stereocenters. The Kier molecular flexibility index (Phi) is 8.75. The van der Waals surface area contributed by atoms with Crippen molar-refractivity contribution in [1.82, 2.24) is 24.5 Å². The largest absolute Gasteiger partial charge is 0.309 e. The average Bonchev–Trinajstić information content (AvgIpc) is 3.71. The Hall–Kier alpha value is -8.54. The number of hydrogen-bond acceptors (Lipinski definition) is 4. The van der Waals surface area contributed by atoms with Crippen molar-refractivity contribution in [1.29, 1.82) is 0 Å². The van der Waals surface area contributed by atoms with Gasteiger partial charge >= 0.3 is 0 Å². The van der Waals surface area contributed by atoms with Gasteiger partial charge in [0.25, 0.3) is 0 Å². The molecule has 0 atom stereocenters. The Morgan fingerprint density at radius 2 is 0.857 bits per heavy atom. The van der Waals surface area contributed by atoms with Crippen molar-refractivity contribution in [2.24, 2.45) is 0 Å². The second-order valence-corrected chi connectivity index (χ2v) is 15.9. The molecule has 0 radical (unpaired) electrons. The summed E-state index contributed by atoms with van der Waals surface area (Å²) in [5, 5.41) is 5.85. The lowest BCUT2D eigenvalue weighted by Crippen LogP contribution is -1.97. The number of hydrogen-bond donors (Lipinski definition) is 0. The van der Waals surface area contributed by atoms with Crippen LogP contribution in [-0.2, 0) is 0 Å². The molecule has 0 fully saturated rings. The molecule has 5 nitrogen and oxygen atoms in total. The second-order valence-electron chi connectivity index (χ2n) is 15.9. The van der Waals surface area contributed by atoms with Gasteiger partial charge in [0.1, 0.15) is 0 Å². The van der Waals surface area contributed by atoms with Crippen molar-refractivity contribution < 1.29 is 0 Å². The van der Waals surface area contributed by atoms with Crippen LogP contribution in [0.4, 0.5) is 0 Å². The molecule has 294 valence electrons. The van der Waals surface area contributed by atoms with Crippen molar-refractivity contribution >= 4 is 43.5 Å². The van der Waals surface area contributed by atoms with Crippen molar-refractivity contribution in [2.45, 2.75) is 0 Å². The monoisotopic (exact) mass is 803 g/mol. The maximum atomic E-state index is 5.53. The number of benzene rings is 7. The summed E-state index contributed by atoms with van der Waals surface area (Å²) in [5.41, 5.74) is 16.9. The highest BCUT2D eigenvalue weighted by molar-refractivity contribution is 6.25. The fraction of sp³-hybridized carbons (Fsp3) is 0. The molecule has 0 aliphatic heterocycles. The van der Waals surface area contributed by atoms with Crippen LogP contribution in [0.2, 0.25) is 0 Å². The standard InChI is InChI=1S/C58H37N5/c1-2-11-47(12-3-1)63-55-16-7-5-14-49(55)51-26-25-50-48-13-4-6-15-52(48)62-57(56(50)58(51)63)45-10-8-9-44(35-45)46-36-53(42-21-17-38(18-22-42)40-27-31-59-32-28-40)61-54(37-46)43-23-19-39(20-24-43)41-29-33-60-34-30-41/h1-37H. The van der Waals surface area contributed by atoms with E-state index in [-0.39, 0.29) is 0 Å². The molecule has 0 spiro atoms. The van der Waals surface area contributed by atoms with Crippen LogP contribution in [0.25, 0.3) is 116 Å². The maximum absolute atomic E-state index is 5.53. The molecule has 0 amide bonds. The van der Waals surface area contributed by atoms with Gasteiger partial charge in [-0.1, -0.05) is 133 Å². The Bertz CT molecular complexity index is 3540. The van der Waals surface area contributed by atoms with E-state index in [0.717, 1.165) is 94.6 Å². The van der Waals surface area contributed by atoms with E-state index >= 15 is 0 Å². The summed E-state index contributed by atoms with van der Waals surface area (Å²) < 4.78 is 2.41. The van der Waals surface area contributed by atoms with E-state index in [9.17, 15) is 0 Å². The molecule has 5 heteroatoms. The molecule has 12 aromatic rings. The molecule has 7 aromatic carbocycles. The third-order valence-electron chi connectivity index (χ3n) is 12.2. The van der Waals surface area contributed by atoms with Gasteiger partial charge in [0.2, 0.25) is 0 Å². The van der Waals surface area contributed by atoms with Crippen LogP contribution >= 0.6 is 0 Å². The van der Waals surface area contributed by atoms with Crippen LogP contribution in [0.3, 0.4) is 0 Å². The summed E-state index contributed by atoms with van der Waals surface area (Å²) in [5.74, 6) is 0. The Morgan fingerprint density at radius 1 is 0.317 bits per heavy atom. The molecule has 5 heterocycles. The highest BCUT2D eigenvalue weighted by Gasteiger charge is 2.21. The summed E-state index contributed by atoms with van der Waals surface area (Å²) in [7, 11) is 0. The topological polar surface area (TPSA) is 56.5 Å². The van der Waals surface area contributed by atoms with E-state index in [1.807, 2.05) is 49.1 Å². The van der Waals surface area contributed by atoms with Crippen LogP contribution < -0.4 is 0 Å². The van der Waals surface area contributed by atoms with Gasteiger partial charge in [0.05, 0.1) is 33.6 Å². The smallest absolute Gasteiger partial charge is 0.0809 e. The van der Waals surface area contributed by atoms with Gasteiger partial charge in [-0.25, -0.2) is 9.97 Å². The summed E-state index contributed by atoms with van der Waals surface area (Å²) >= 11 is 0. The number of nitrogens with zero attached hydrogens (tertiary/aromatic N) is 5. The zero-order valence-electron chi connectivity index (χ0n) is 34.1. The lowest BCUT2D eigenvalue weighted by molar-refractivity contribution is 1.19. The van der Waals surface area contributed by atoms with Gasteiger partial charge in [0.15, 0.2) is 0 Å². The third kappa shape index (κ3) is 6.42. The van der Waals surface area contributed by atoms with Gasteiger partial charge in [0, 0.05) is 68.7 Å². The average molecular weight is 804 g/mol. The number of rotatable bonds is 7. The molecule has 0 saturated carbocycles. The van der Waals surface area contributed by atoms with Gasteiger partial charge in [-0.2, -0.15) is 0 Å². The number of fused-ring (bicyclic) bond motifs is 7. The first-order valence-corrected chi connectivity index (χ1v) is 21.2. The van der Waals surface area contributed by atoms with Gasteiger partial charge in [-0.15, -0.1) is 0 Å². The highest BCUT2D eigenvalue weighted by Crippen LogP contribution is 2.43. The quantitative estimate of drug-likeness (QED) is 0.151. The minimum atomic E-state index is 0.899. The number of para-hydroxylation sites is 3. The summed E-state index contributed by atoms with van der Waals surface area (Å²) in [6.07, 6.45) is 7.32. The fourth-order valence-corrected chi connectivity index (χ4v) is 9.15. The molecule has 12 rings (SSSR count). The van der Waals surface area contributed by atoms with E-state index in [2.05, 4.69) is 190 Å². The molecule has 0 saturated heterocycles. The van der Waals surface area contributed by atoms with E-state index in [0.29, 0.717) is 0 Å². The fourth-order valence-electron chi connectivity index (χ4n) is 9.15. The second kappa shape index (κ2) is 15.2. The first-order valence-electron chi connectivity index (χ1n) is 21.2. The van der Waals surface area contributed by atoms with Crippen molar-refractivity contribution in [2.75, 3.05) is 0 Å². The highest BCUT2D eigenvalue weighted by atomic mass is 15.0. The number of pyridine rings is 4. The van der Waals surface area contributed by atoms with Gasteiger partial charge < -0.3 is 4.57 Å². The third-order valence-corrected chi connectivity index (χ3v) is 12.2. The predicted octanol–water partition coefficient (Wildman–Crippen LogP) is 14.7. The van der Waals surface area contributed by atoms with Crippen LogP contribution in [0.15, 0.2) is 225 Å². The van der Waals surface area contributed by atoms with E-state index in [4.69, 9.17) is 9.97 Å². The van der Waals surface area contributed by atoms with Crippen molar-refractivity contribution in [3.8, 4) is 72.8 Å². The first-order chi connectivity index (χ1) is 31.2. The molecule has 0 aliphatic rings. The Balaban J connectivity index is 1.06. The summed E-state index contributed by atoms with van der Waals surface area (Å²) in [6, 6.07) is 71.2. The Labute approximate surface area is 364 Å². The lowest BCUT2D eigenvalue weighted by Gasteiger charge is -2.16. The molecular formula is C58H37N5. The molecule has 0 aliphatic carbocycles. The molecule has 0 N–H and O–H groups in total. The van der Waals surface area contributed by atoms with Crippen LogP contribution in [0.5, 0.6) is 0 Å². The molecule has 63 heavy (non-hydrogen) atoms. The van der Waals surface area contributed by atoms with Crippen LogP contribution in [-0.4, -0.2) is 24.5 Å². The zero-order chi connectivity index (χ0) is 41.7. The minimum Gasteiger partial charge on any atom is -0.309 e. The lowest BCUT2D eigenvalue weighted by atomic mass is 9.94. The van der Waals surface area contributed by atoms with Crippen LogP contribution in [0.1, 0.15) is 0 Å². The summed E-state index contributed by atoms with van der Waals surface area (Å²) in [4.78, 5) is 19.3. The van der Waals surface area contributed by atoms with Gasteiger partial charge in [-0.05, 0) is 105 Å². The zero-order valence-corrected chi connectivity index (χ0v) is 34.1.